The molecule has 2 saturated heterocycles. The molecule has 2 aliphatic heterocycles. The van der Waals surface area contributed by atoms with Gasteiger partial charge >= 0.3 is 0 Å². The number of likely N-dealkylation sites (tertiary alicyclic amines) is 1. The molecule has 4 atom stereocenters. The van der Waals surface area contributed by atoms with Gasteiger partial charge in [0.1, 0.15) is 17.5 Å². The number of hydrazine groups is 1. The lowest BCUT2D eigenvalue weighted by Crippen LogP contribution is -2.41. The van der Waals surface area contributed by atoms with Crippen molar-refractivity contribution in [2.45, 2.75) is 31.5 Å². The van der Waals surface area contributed by atoms with E-state index in [1.54, 1.807) is 19.2 Å². The lowest BCUT2D eigenvalue weighted by molar-refractivity contribution is -0.130. The fraction of sp³-hybridized carbons (Fsp3) is 0.381. The van der Waals surface area contributed by atoms with Gasteiger partial charge in [-0.2, -0.15) is 0 Å². The van der Waals surface area contributed by atoms with Crippen LogP contribution in [0.15, 0.2) is 48.5 Å². The largest absolute Gasteiger partial charge is 0.508 e. The van der Waals surface area contributed by atoms with Crippen LogP contribution in [0, 0.1) is 5.92 Å². The van der Waals surface area contributed by atoms with E-state index >= 15 is 0 Å². The molecule has 2 aromatic rings. The van der Waals surface area contributed by atoms with Crippen LogP contribution >= 0.6 is 0 Å². The number of para-hydroxylation sites is 1. The minimum Gasteiger partial charge on any atom is -0.508 e. The third-order valence-electron chi connectivity index (χ3n) is 5.59. The smallest absolute Gasteiger partial charge is 0.242 e. The quantitative estimate of drug-likeness (QED) is 0.757. The summed E-state index contributed by atoms with van der Waals surface area (Å²) in [5, 5.41) is 10.4. The second-order valence-electron chi connectivity index (χ2n) is 7.13. The summed E-state index contributed by atoms with van der Waals surface area (Å²) in [6.07, 6.45) is 0.889. The van der Waals surface area contributed by atoms with Crippen LogP contribution in [0.3, 0.4) is 0 Å². The Morgan fingerprint density at radius 2 is 1.89 bits per heavy atom. The number of methoxy groups -OCH3 is 1. The molecule has 0 radical (unpaired) electrons. The van der Waals surface area contributed by atoms with E-state index < -0.39 is 0 Å². The highest BCUT2D eigenvalue weighted by Crippen LogP contribution is 2.48. The van der Waals surface area contributed by atoms with Crippen molar-refractivity contribution in [3.8, 4) is 11.5 Å². The van der Waals surface area contributed by atoms with E-state index in [-0.39, 0.29) is 35.7 Å². The van der Waals surface area contributed by atoms with Gasteiger partial charge in [-0.1, -0.05) is 37.3 Å². The highest BCUT2D eigenvalue weighted by Gasteiger charge is 2.55. The first-order valence-electron chi connectivity index (χ1n) is 9.39. The Morgan fingerprint density at radius 1 is 1.11 bits per heavy atom. The Bertz CT molecular complexity index is 841. The van der Waals surface area contributed by atoms with Crippen LogP contribution in [-0.2, 0) is 4.79 Å². The highest BCUT2D eigenvalue weighted by molar-refractivity contribution is 5.86. The zero-order valence-electron chi connectivity index (χ0n) is 15.6. The van der Waals surface area contributed by atoms with Crippen molar-refractivity contribution in [1.82, 2.24) is 15.8 Å². The van der Waals surface area contributed by atoms with Crippen LogP contribution in [0.1, 0.15) is 36.6 Å². The van der Waals surface area contributed by atoms with Gasteiger partial charge in [-0.05, 0) is 30.2 Å². The first kappa shape index (κ1) is 17.8. The van der Waals surface area contributed by atoms with Crippen LogP contribution in [-0.4, -0.2) is 35.6 Å². The molecule has 4 unspecified atom stereocenters. The zero-order valence-corrected chi connectivity index (χ0v) is 15.6. The molecule has 6 heteroatoms. The molecule has 6 nitrogen and oxygen atoms in total. The fourth-order valence-electron chi connectivity index (χ4n) is 4.43. The average Bonchev–Trinajstić information content (AvgIpc) is 3.22. The molecule has 2 heterocycles. The molecule has 0 aliphatic carbocycles. The van der Waals surface area contributed by atoms with Crippen molar-refractivity contribution >= 4 is 5.91 Å². The van der Waals surface area contributed by atoms with E-state index in [0.29, 0.717) is 6.54 Å². The Kier molecular flexibility index (Phi) is 4.76. The number of ether oxygens (including phenoxy) is 1. The van der Waals surface area contributed by atoms with E-state index in [1.165, 1.54) is 0 Å². The number of carbonyl (C=O) groups is 1. The number of hydrogen-bond acceptors (Lipinski definition) is 5. The van der Waals surface area contributed by atoms with Crippen molar-refractivity contribution in [1.29, 1.82) is 0 Å². The molecule has 142 valence electrons. The number of hydrogen-bond donors (Lipinski definition) is 3. The Morgan fingerprint density at radius 3 is 2.63 bits per heavy atom. The summed E-state index contributed by atoms with van der Waals surface area (Å²) in [6.45, 7) is 2.78. The summed E-state index contributed by atoms with van der Waals surface area (Å²) in [5.41, 5.74) is 8.28. The van der Waals surface area contributed by atoms with Gasteiger partial charge in [0.05, 0.1) is 19.2 Å². The maximum absolute atomic E-state index is 13.1. The van der Waals surface area contributed by atoms with Crippen LogP contribution in [0.25, 0.3) is 0 Å². The van der Waals surface area contributed by atoms with Gasteiger partial charge in [0.15, 0.2) is 0 Å². The molecule has 2 aromatic carbocycles. The fourth-order valence-corrected chi connectivity index (χ4v) is 4.43. The van der Waals surface area contributed by atoms with Crippen molar-refractivity contribution in [2.75, 3.05) is 13.7 Å². The minimum absolute atomic E-state index is 0.0375. The normalized spacial score (nSPS) is 27.0. The molecule has 3 N–H and O–H groups in total. The van der Waals surface area contributed by atoms with E-state index in [4.69, 9.17) is 4.74 Å². The summed E-state index contributed by atoms with van der Waals surface area (Å²) < 4.78 is 5.40. The molecule has 0 aromatic heterocycles. The number of carbonyl (C=O) groups excluding carboxylic acids is 1. The van der Waals surface area contributed by atoms with E-state index in [9.17, 15) is 9.90 Å². The maximum atomic E-state index is 13.1. The summed E-state index contributed by atoms with van der Waals surface area (Å²) >= 11 is 0. The highest BCUT2D eigenvalue weighted by atomic mass is 16.5. The predicted molar refractivity (Wildman–Crippen MR) is 102 cm³/mol. The number of fused-ring (bicyclic) bond motifs is 1. The molecule has 0 bridgehead atoms. The van der Waals surface area contributed by atoms with Gasteiger partial charge in [-0.15, -0.1) is 0 Å². The second kappa shape index (κ2) is 7.21. The van der Waals surface area contributed by atoms with E-state index in [1.807, 2.05) is 41.3 Å². The van der Waals surface area contributed by atoms with Gasteiger partial charge in [-0.3, -0.25) is 4.79 Å². The molecule has 2 fully saturated rings. The van der Waals surface area contributed by atoms with Crippen molar-refractivity contribution < 1.29 is 14.6 Å². The summed E-state index contributed by atoms with van der Waals surface area (Å²) in [4.78, 5) is 15.1. The number of amides is 1. The number of phenols is 1. The van der Waals surface area contributed by atoms with Crippen LogP contribution in [0.5, 0.6) is 11.5 Å². The van der Waals surface area contributed by atoms with Gasteiger partial charge in [0.2, 0.25) is 5.91 Å². The topological polar surface area (TPSA) is 73.8 Å². The summed E-state index contributed by atoms with van der Waals surface area (Å²) in [6, 6.07) is 14.6. The lowest BCUT2D eigenvalue weighted by Gasteiger charge is -2.31. The number of rotatable bonds is 5. The number of benzene rings is 2. The molecular weight excluding hydrogens is 342 g/mol. The minimum atomic E-state index is -0.322. The van der Waals surface area contributed by atoms with Gasteiger partial charge < -0.3 is 14.7 Å². The Hall–Kier alpha value is -2.57. The van der Waals surface area contributed by atoms with E-state index in [0.717, 1.165) is 23.3 Å². The predicted octanol–water partition coefficient (Wildman–Crippen LogP) is 2.53. The number of nitrogens with one attached hydrogen (secondary N) is 2. The number of aromatic hydroxyl groups is 1. The SMILES string of the molecule is CCCN1C(=O)C2NNC(c3ccccc3O)C2C1c1cccc(OC)c1. The van der Waals surface area contributed by atoms with Crippen LogP contribution < -0.4 is 15.6 Å². The average molecular weight is 367 g/mol. The molecule has 1 amide bonds. The van der Waals surface area contributed by atoms with Crippen LogP contribution in [0.4, 0.5) is 0 Å². The zero-order chi connectivity index (χ0) is 19.0. The van der Waals surface area contributed by atoms with Crippen molar-refractivity contribution in [2.24, 2.45) is 5.92 Å². The Labute approximate surface area is 159 Å². The first-order chi connectivity index (χ1) is 13.2. The molecular formula is C21H25N3O3. The van der Waals surface area contributed by atoms with Crippen molar-refractivity contribution in [3.63, 3.8) is 0 Å². The molecule has 2 aliphatic rings. The monoisotopic (exact) mass is 367 g/mol. The van der Waals surface area contributed by atoms with Gasteiger partial charge in [0, 0.05) is 18.0 Å². The first-order valence-corrected chi connectivity index (χ1v) is 9.39. The third-order valence-corrected chi connectivity index (χ3v) is 5.59. The number of phenolic OH excluding ortho intramolecular Hbond substituents is 1. The molecule has 0 spiro atoms. The molecule has 4 rings (SSSR count). The van der Waals surface area contributed by atoms with E-state index in [2.05, 4.69) is 17.8 Å². The maximum Gasteiger partial charge on any atom is 0.242 e. The van der Waals surface area contributed by atoms with Crippen LogP contribution in [0.2, 0.25) is 0 Å². The molecule has 27 heavy (non-hydrogen) atoms. The number of nitrogens with zero attached hydrogens (tertiary/aromatic N) is 1. The third kappa shape index (κ3) is 2.95. The standard InChI is InChI=1S/C21H25N3O3/c1-3-11-24-20(13-7-6-8-14(12-13)27-2)17-18(22-23-19(17)21(24)26)15-9-4-5-10-16(15)25/h4-10,12,17-20,22-23,25H,3,11H2,1-2H3. The lowest BCUT2D eigenvalue weighted by atomic mass is 9.83. The summed E-state index contributed by atoms with van der Waals surface area (Å²) in [7, 11) is 1.65. The van der Waals surface area contributed by atoms with Gasteiger partial charge in [-0.25, -0.2) is 10.9 Å². The summed E-state index contributed by atoms with van der Waals surface area (Å²) in [5.74, 6) is 1.07. The van der Waals surface area contributed by atoms with Crippen molar-refractivity contribution in [3.05, 3.63) is 59.7 Å². The van der Waals surface area contributed by atoms with Gasteiger partial charge in [0.25, 0.3) is 0 Å². The Balaban J connectivity index is 1.79. The second-order valence-corrected chi connectivity index (χ2v) is 7.13. The molecule has 0 saturated carbocycles.